The summed E-state index contributed by atoms with van der Waals surface area (Å²) in [7, 11) is 2.00. The first-order chi connectivity index (χ1) is 20.0. The number of carbonyl (C=O) groups is 2. The highest BCUT2D eigenvalue weighted by atomic mass is 32.2. The Morgan fingerprint density at radius 2 is 1.83 bits per heavy atom. The minimum absolute atomic E-state index is 0.198. The van der Waals surface area contributed by atoms with Crippen LogP contribution in [0.15, 0.2) is 60.1 Å². The molecule has 0 spiro atoms. The van der Waals surface area contributed by atoms with E-state index in [1.807, 2.05) is 48.3 Å². The Bertz CT molecular complexity index is 1290. The maximum Gasteiger partial charge on any atom is 0.416 e. The monoisotopic (exact) mass is 576 g/mol. The van der Waals surface area contributed by atoms with Crippen LogP contribution in [0.25, 0.3) is 0 Å². The van der Waals surface area contributed by atoms with E-state index in [0.717, 1.165) is 36.8 Å². The van der Waals surface area contributed by atoms with Crippen LogP contribution >= 0.6 is 11.8 Å². The van der Waals surface area contributed by atoms with Crippen molar-refractivity contribution in [2.45, 2.75) is 63.2 Å². The number of ether oxygens (including phenoxy) is 1. The molecule has 1 aromatic carbocycles. The smallest absolute Gasteiger partial charge is 0.391 e. The van der Waals surface area contributed by atoms with Gasteiger partial charge in [-0.05, 0) is 68.3 Å². The number of piperidine rings is 2. The van der Waals surface area contributed by atoms with E-state index < -0.39 is 0 Å². The zero-order valence-electron chi connectivity index (χ0n) is 24.0. The van der Waals surface area contributed by atoms with Gasteiger partial charge in [0.2, 0.25) is 5.88 Å². The van der Waals surface area contributed by atoms with E-state index in [2.05, 4.69) is 27.1 Å². The van der Waals surface area contributed by atoms with Crippen molar-refractivity contribution in [1.82, 2.24) is 24.3 Å². The van der Waals surface area contributed by atoms with Gasteiger partial charge in [-0.15, -0.1) is 0 Å². The number of anilines is 1. The van der Waals surface area contributed by atoms with Crippen LogP contribution in [0, 0.1) is 5.92 Å². The van der Waals surface area contributed by atoms with E-state index in [1.54, 1.807) is 28.8 Å². The molecule has 0 aliphatic carbocycles. The van der Waals surface area contributed by atoms with Gasteiger partial charge in [-0.25, -0.2) is 14.8 Å². The molecule has 0 bridgehead atoms. The number of hydrogen-bond acceptors (Lipinski definition) is 7. The number of aromatic nitrogens is 3. The van der Waals surface area contributed by atoms with Crippen LogP contribution in [0.2, 0.25) is 0 Å². The number of hydrogen-bond donors (Lipinski definition) is 1. The van der Waals surface area contributed by atoms with E-state index >= 15 is 0 Å². The van der Waals surface area contributed by atoms with Gasteiger partial charge in [0, 0.05) is 62.5 Å². The number of likely N-dealkylation sites (tertiary alicyclic amines) is 2. The first kappa shape index (κ1) is 29.1. The summed E-state index contributed by atoms with van der Waals surface area (Å²) in [5.74, 6) is 1.55. The fraction of sp³-hybridized carbons (Fsp3) is 0.484. The second-order valence-corrected chi connectivity index (χ2v) is 12.0. The third kappa shape index (κ3) is 7.89. The number of thioether (sulfide) groups is 1. The van der Waals surface area contributed by atoms with Crippen molar-refractivity contribution in [3.63, 3.8) is 0 Å². The number of amides is 2. The summed E-state index contributed by atoms with van der Waals surface area (Å²) in [6.07, 6.45) is 11.8. The van der Waals surface area contributed by atoms with E-state index in [-0.39, 0.29) is 17.9 Å². The number of pyridine rings is 1. The largest absolute Gasteiger partial charge is 0.416 e. The van der Waals surface area contributed by atoms with Gasteiger partial charge in [0.25, 0.3) is 5.91 Å². The number of benzene rings is 1. The molecule has 0 radical (unpaired) electrons. The Morgan fingerprint density at radius 3 is 2.51 bits per heavy atom. The van der Waals surface area contributed by atoms with Gasteiger partial charge in [0.05, 0.1) is 11.9 Å². The fourth-order valence-corrected chi connectivity index (χ4v) is 6.68. The second kappa shape index (κ2) is 14.0. The van der Waals surface area contributed by atoms with Crippen molar-refractivity contribution in [3.8, 4) is 5.88 Å². The van der Waals surface area contributed by atoms with Crippen LogP contribution < -0.4 is 10.1 Å². The first-order valence-corrected chi connectivity index (χ1v) is 15.6. The summed E-state index contributed by atoms with van der Waals surface area (Å²) in [5, 5.41) is 3.90. The number of imidazole rings is 1. The molecular weight excluding hydrogens is 536 g/mol. The third-order valence-electron chi connectivity index (χ3n) is 8.11. The van der Waals surface area contributed by atoms with Crippen molar-refractivity contribution < 1.29 is 14.3 Å². The third-order valence-corrected chi connectivity index (χ3v) is 9.40. The summed E-state index contributed by atoms with van der Waals surface area (Å²) in [4.78, 5) is 38.4. The number of aryl methyl sites for hydroxylation is 1. The molecule has 1 atom stereocenters. The van der Waals surface area contributed by atoms with Crippen molar-refractivity contribution in [2.24, 2.45) is 13.0 Å². The summed E-state index contributed by atoms with van der Waals surface area (Å²) >= 11 is 1.76. The Kier molecular flexibility index (Phi) is 9.95. The molecule has 2 amide bonds. The van der Waals surface area contributed by atoms with Gasteiger partial charge in [-0.1, -0.05) is 37.2 Å². The Balaban J connectivity index is 1.05. The van der Waals surface area contributed by atoms with Crippen LogP contribution in [0.3, 0.4) is 0 Å². The van der Waals surface area contributed by atoms with Gasteiger partial charge in [0.15, 0.2) is 5.16 Å². The van der Waals surface area contributed by atoms with Crippen molar-refractivity contribution in [2.75, 3.05) is 30.7 Å². The number of rotatable bonds is 9. The molecule has 4 heterocycles. The minimum atomic E-state index is -0.389. The van der Waals surface area contributed by atoms with E-state index in [9.17, 15) is 9.59 Å². The molecule has 3 aromatic rings. The zero-order chi connectivity index (χ0) is 28.6. The minimum Gasteiger partial charge on any atom is -0.391 e. The molecule has 2 aliphatic heterocycles. The fourth-order valence-electron chi connectivity index (χ4n) is 5.56. The van der Waals surface area contributed by atoms with E-state index in [0.29, 0.717) is 36.3 Å². The summed E-state index contributed by atoms with van der Waals surface area (Å²) < 4.78 is 7.52. The van der Waals surface area contributed by atoms with Crippen LogP contribution in [-0.2, 0) is 13.6 Å². The summed E-state index contributed by atoms with van der Waals surface area (Å²) in [6.45, 7) is 5.65. The van der Waals surface area contributed by atoms with Crippen LogP contribution in [0.5, 0.6) is 5.88 Å². The lowest BCUT2D eigenvalue weighted by atomic mass is 9.99. The molecule has 2 aromatic heterocycles. The quantitative estimate of drug-likeness (QED) is 0.320. The van der Waals surface area contributed by atoms with Gasteiger partial charge >= 0.3 is 6.09 Å². The van der Waals surface area contributed by atoms with Crippen LogP contribution in [0.1, 0.15) is 61.4 Å². The van der Waals surface area contributed by atoms with Gasteiger partial charge < -0.3 is 19.5 Å². The highest BCUT2D eigenvalue weighted by Crippen LogP contribution is 2.26. The standard InChI is InChI=1S/C31H40N6O3S/c1-3-27-6-4-5-16-37(27)21-23-7-9-25(10-8-23)29(38)34-26-11-12-28(33-20-26)40-31(39)36-17-13-24(14-18-36)22-41-30-32-15-19-35(30)2/h7-12,15,19-20,24,27H,3-6,13-14,16-18,21-22H2,1-2H3,(H,34,38). The SMILES string of the molecule is CCC1CCCCN1Cc1ccc(C(=O)Nc2ccc(OC(=O)N3CCC(CSc4nccn4C)CC3)nc2)cc1. The predicted molar refractivity (Wildman–Crippen MR) is 161 cm³/mol. The average molecular weight is 577 g/mol. The summed E-state index contributed by atoms with van der Waals surface area (Å²) in [6, 6.07) is 11.8. The Labute approximate surface area is 246 Å². The molecule has 1 unspecified atom stereocenters. The maximum absolute atomic E-state index is 12.8. The molecule has 9 nitrogen and oxygen atoms in total. The molecule has 2 fully saturated rings. The molecule has 41 heavy (non-hydrogen) atoms. The Morgan fingerprint density at radius 1 is 1.02 bits per heavy atom. The molecule has 218 valence electrons. The normalized spacial score (nSPS) is 18.3. The van der Waals surface area contributed by atoms with Crippen LogP contribution in [-0.4, -0.2) is 67.8 Å². The lowest BCUT2D eigenvalue weighted by Gasteiger charge is -2.35. The topological polar surface area (TPSA) is 92.6 Å². The average Bonchev–Trinajstić information content (AvgIpc) is 3.42. The number of carbonyl (C=O) groups excluding carboxylic acids is 2. The van der Waals surface area contributed by atoms with Gasteiger partial charge in [0.1, 0.15) is 0 Å². The lowest BCUT2D eigenvalue weighted by molar-refractivity contribution is 0.102. The second-order valence-electron chi connectivity index (χ2n) is 11.0. The molecule has 1 N–H and O–H groups in total. The molecule has 0 saturated carbocycles. The highest BCUT2D eigenvalue weighted by Gasteiger charge is 2.25. The van der Waals surface area contributed by atoms with Gasteiger partial charge in [-0.2, -0.15) is 0 Å². The highest BCUT2D eigenvalue weighted by molar-refractivity contribution is 7.99. The molecule has 2 aliphatic rings. The number of nitrogens with zero attached hydrogens (tertiary/aromatic N) is 5. The van der Waals surface area contributed by atoms with Gasteiger partial charge in [-0.3, -0.25) is 9.69 Å². The summed E-state index contributed by atoms with van der Waals surface area (Å²) in [5.41, 5.74) is 2.36. The molecule has 2 saturated heterocycles. The van der Waals surface area contributed by atoms with Crippen molar-refractivity contribution >= 4 is 29.4 Å². The zero-order valence-corrected chi connectivity index (χ0v) is 24.8. The first-order valence-electron chi connectivity index (χ1n) is 14.7. The van der Waals surface area contributed by atoms with Crippen molar-refractivity contribution in [1.29, 1.82) is 0 Å². The van der Waals surface area contributed by atoms with E-state index in [1.165, 1.54) is 37.4 Å². The molecular formula is C31H40N6O3S. The lowest BCUT2D eigenvalue weighted by Crippen LogP contribution is -2.40. The predicted octanol–water partition coefficient (Wildman–Crippen LogP) is 5.84. The van der Waals surface area contributed by atoms with Crippen LogP contribution in [0.4, 0.5) is 10.5 Å². The molecule has 10 heteroatoms. The van der Waals surface area contributed by atoms with Crippen molar-refractivity contribution in [3.05, 3.63) is 66.1 Å². The maximum atomic E-state index is 12.8. The Hall–Kier alpha value is -3.37. The van der Waals surface area contributed by atoms with E-state index in [4.69, 9.17) is 4.74 Å². The number of nitrogens with one attached hydrogen (secondary N) is 1. The molecule has 5 rings (SSSR count).